The number of hydrogen-bond donors (Lipinski definition) is 1. The van der Waals surface area contributed by atoms with Crippen LogP contribution in [0, 0.1) is 0 Å². The average Bonchev–Trinajstić information content (AvgIpc) is 2.27. The normalized spacial score (nSPS) is 9.80. The third-order valence-electron chi connectivity index (χ3n) is 1.73. The van der Waals surface area contributed by atoms with Crippen LogP contribution < -0.4 is 10.5 Å². The topological polar surface area (TPSA) is 61.5 Å². The summed E-state index contributed by atoms with van der Waals surface area (Å²) in [5, 5.41) is 0. The number of esters is 1. The number of ether oxygens (including phenoxy) is 2. The summed E-state index contributed by atoms with van der Waals surface area (Å²) in [5.74, 6) is 0.198. The second kappa shape index (κ2) is 5.72. The fraction of sp³-hybridized carbons (Fsp3) is 0.300. The van der Waals surface area contributed by atoms with E-state index < -0.39 is 0 Å². The van der Waals surface area contributed by atoms with Crippen LogP contribution in [0.3, 0.4) is 0 Å². The molecule has 0 spiro atoms. The average molecular weight is 274 g/mol. The lowest BCUT2D eigenvalue weighted by Crippen LogP contribution is -2.11. The molecular formula is C10H12BrNO3. The van der Waals surface area contributed by atoms with E-state index in [-0.39, 0.29) is 5.97 Å². The van der Waals surface area contributed by atoms with E-state index in [1.165, 1.54) is 7.11 Å². The molecule has 0 atom stereocenters. The molecule has 1 aromatic carbocycles. The summed E-state index contributed by atoms with van der Waals surface area (Å²) in [4.78, 5) is 11.2. The number of halogens is 1. The number of benzene rings is 1. The van der Waals surface area contributed by atoms with E-state index >= 15 is 0 Å². The van der Waals surface area contributed by atoms with Gasteiger partial charge < -0.3 is 15.2 Å². The zero-order valence-corrected chi connectivity index (χ0v) is 9.91. The molecular weight excluding hydrogens is 262 g/mol. The Labute approximate surface area is 96.5 Å². The molecule has 82 valence electrons. The number of carbonyl (C=O) groups excluding carboxylic acids is 1. The number of nitrogens with two attached hydrogens (primary N) is 1. The number of carbonyl (C=O) groups is 1. The molecule has 0 radical (unpaired) electrons. The molecule has 2 N–H and O–H groups in total. The van der Waals surface area contributed by atoms with Gasteiger partial charge in [-0.15, -0.1) is 0 Å². The van der Waals surface area contributed by atoms with Crippen molar-refractivity contribution in [1.82, 2.24) is 0 Å². The van der Waals surface area contributed by atoms with Gasteiger partial charge in [0, 0.05) is 6.54 Å². The van der Waals surface area contributed by atoms with E-state index in [0.29, 0.717) is 24.5 Å². The van der Waals surface area contributed by atoms with Crippen LogP contribution >= 0.6 is 15.9 Å². The van der Waals surface area contributed by atoms with Crippen LogP contribution in [-0.2, 0) is 4.74 Å². The maximum Gasteiger partial charge on any atom is 0.337 e. The Hall–Kier alpha value is -1.07. The van der Waals surface area contributed by atoms with E-state index in [2.05, 4.69) is 20.7 Å². The summed E-state index contributed by atoms with van der Waals surface area (Å²) in [6.45, 7) is 0.831. The quantitative estimate of drug-likeness (QED) is 0.847. The summed E-state index contributed by atoms with van der Waals surface area (Å²) >= 11 is 3.31. The highest BCUT2D eigenvalue weighted by Gasteiger charge is 2.09. The molecule has 0 aliphatic heterocycles. The van der Waals surface area contributed by atoms with Crippen LogP contribution in [0.2, 0.25) is 0 Å². The number of hydrogen-bond acceptors (Lipinski definition) is 4. The van der Waals surface area contributed by atoms with Crippen LogP contribution in [0.15, 0.2) is 22.7 Å². The maximum absolute atomic E-state index is 11.2. The molecule has 15 heavy (non-hydrogen) atoms. The van der Waals surface area contributed by atoms with Crippen molar-refractivity contribution >= 4 is 21.9 Å². The van der Waals surface area contributed by atoms with Crippen molar-refractivity contribution < 1.29 is 14.3 Å². The van der Waals surface area contributed by atoms with Crippen molar-refractivity contribution in [3.63, 3.8) is 0 Å². The second-order valence-electron chi connectivity index (χ2n) is 2.77. The van der Waals surface area contributed by atoms with Gasteiger partial charge in [0.05, 0.1) is 17.1 Å². The van der Waals surface area contributed by atoms with Gasteiger partial charge in [-0.1, -0.05) is 0 Å². The van der Waals surface area contributed by atoms with Crippen molar-refractivity contribution in [2.24, 2.45) is 5.73 Å². The molecule has 0 fully saturated rings. The molecule has 0 aromatic heterocycles. The van der Waals surface area contributed by atoms with Crippen molar-refractivity contribution in [2.45, 2.75) is 0 Å². The van der Waals surface area contributed by atoms with E-state index in [1.807, 2.05) is 0 Å². The van der Waals surface area contributed by atoms with Gasteiger partial charge in [0.1, 0.15) is 12.4 Å². The third-order valence-corrected chi connectivity index (χ3v) is 2.38. The maximum atomic E-state index is 11.2. The standard InChI is InChI=1S/C10H12BrNO3/c1-14-10(13)7-2-3-8(11)9(6-7)15-5-4-12/h2-3,6H,4-5,12H2,1H3. The van der Waals surface area contributed by atoms with Crippen molar-refractivity contribution in [2.75, 3.05) is 20.3 Å². The van der Waals surface area contributed by atoms with Gasteiger partial charge in [0.15, 0.2) is 0 Å². The van der Waals surface area contributed by atoms with Crippen LogP contribution in [0.1, 0.15) is 10.4 Å². The number of methoxy groups -OCH3 is 1. The summed E-state index contributed by atoms with van der Waals surface area (Å²) < 4.78 is 10.7. The summed E-state index contributed by atoms with van der Waals surface area (Å²) in [5.41, 5.74) is 5.77. The Morgan fingerprint density at radius 1 is 1.53 bits per heavy atom. The predicted molar refractivity (Wildman–Crippen MR) is 60.0 cm³/mol. The van der Waals surface area contributed by atoms with Crippen molar-refractivity contribution in [1.29, 1.82) is 0 Å². The van der Waals surface area contributed by atoms with Gasteiger partial charge in [-0.05, 0) is 34.1 Å². The molecule has 0 bridgehead atoms. The summed E-state index contributed by atoms with van der Waals surface area (Å²) in [7, 11) is 1.34. The lowest BCUT2D eigenvalue weighted by atomic mass is 10.2. The highest BCUT2D eigenvalue weighted by atomic mass is 79.9. The Kier molecular flexibility index (Phi) is 4.58. The molecule has 0 saturated heterocycles. The van der Waals surface area contributed by atoms with Crippen molar-refractivity contribution in [3.05, 3.63) is 28.2 Å². The Balaban J connectivity index is 2.89. The summed E-state index contributed by atoms with van der Waals surface area (Å²) in [6.07, 6.45) is 0. The molecule has 0 unspecified atom stereocenters. The molecule has 0 heterocycles. The molecule has 0 aliphatic rings. The zero-order chi connectivity index (χ0) is 11.3. The molecule has 0 aliphatic carbocycles. The van der Waals surface area contributed by atoms with Crippen LogP contribution in [0.25, 0.3) is 0 Å². The smallest absolute Gasteiger partial charge is 0.337 e. The molecule has 4 nitrogen and oxygen atoms in total. The van der Waals surface area contributed by atoms with E-state index in [0.717, 1.165) is 4.47 Å². The molecule has 1 aromatic rings. The predicted octanol–water partition coefficient (Wildman–Crippen LogP) is 1.57. The first kappa shape index (κ1) is 12.0. The van der Waals surface area contributed by atoms with Crippen LogP contribution in [0.5, 0.6) is 5.75 Å². The molecule has 0 amide bonds. The second-order valence-corrected chi connectivity index (χ2v) is 3.63. The Bertz CT molecular complexity index is 355. The minimum Gasteiger partial charge on any atom is -0.491 e. The Morgan fingerprint density at radius 3 is 2.87 bits per heavy atom. The van der Waals surface area contributed by atoms with Crippen molar-refractivity contribution in [3.8, 4) is 5.75 Å². The highest BCUT2D eigenvalue weighted by Crippen LogP contribution is 2.26. The van der Waals surface area contributed by atoms with E-state index in [4.69, 9.17) is 10.5 Å². The first-order chi connectivity index (χ1) is 7.19. The van der Waals surface area contributed by atoms with E-state index in [9.17, 15) is 4.79 Å². The molecule has 0 saturated carbocycles. The largest absolute Gasteiger partial charge is 0.491 e. The highest BCUT2D eigenvalue weighted by molar-refractivity contribution is 9.10. The van der Waals surface area contributed by atoms with Crippen LogP contribution in [-0.4, -0.2) is 26.2 Å². The van der Waals surface area contributed by atoms with Gasteiger partial charge in [0.25, 0.3) is 0 Å². The lowest BCUT2D eigenvalue weighted by molar-refractivity contribution is 0.0600. The van der Waals surface area contributed by atoms with Gasteiger partial charge in [0.2, 0.25) is 0 Å². The van der Waals surface area contributed by atoms with E-state index in [1.54, 1.807) is 18.2 Å². The third kappa shape index (κ3) is 3.21. The fourth-order valence-corrected chi connectivity index (χ4v) is 1.39. The lowest BCUT2D eigenvalue weighted by Gasteiger charge is -2.08. The number of rotatable bonds is 4. The Morgan fingerprint density at radius 2 is 2.27 bits per heavy atom. The minimum atomic E-state index is -0.389. The van der Waals surface area contributed by atoms with Gasteiger partial charge in [-0.25, -0.2) is 4.79 Å². The van der Waals surface area contributed by atoms with Gasteiger partial charge in [-0.2, -0.15) is 0 Å². The first-order valence-electron chi connectivity index (χ1n) is 4.39. The summed E-state index contributed by atoms with van der Waals surface area (Å²) in [6, 6.07) is 5.01. The van der Waals surface area contributed by atoms with Crippen LogP contribution in [0.4, 0.5) is 0 Å². The monoisotopic (exact) mass is 273 g/mol. The van der Waals surface area contributed by atoms with Gasteiger partial charge in [-0.3, -0.25) is 0 Å². The molecule has 5 heteroatoms. The minimum absolute atomic E-state index is 0.389. The zero-order valence-electron chi connectivity index (χ0n) is 8.33. The SMILES string of the molecule is COC(=O)c1ccc(Br)c(OCCN)c1. The van der Waals surface area contributed by atoms with Gasteiger partial charge >= 0.3 is 5.97 Å². The molecule has 1 rings (SSSR count). The first-order valence-corrected chi connectivity index (χ1v) is 5.19. The fourth-order valence-electron chi connectivity index (χ4n) is 1.03.